The molecule has 0 unspecified atom stereocenters. The van der Waals surface area contributed by atoms with Crippen LogP contribution in [0.25, 0.3) is 1.43 Å². The molecule has 0 fully saturated rings. The molecule has 24 valence electrons. The fraction of sp³-hybridized carbons (Fsp3) is 0. The van der Waals surface area contributed by atoms with Crippen molar-refractivity contribution in [2.75, 3.05) is 0 Å². The molecule has 0 aromatic carbocycles. The maximum atomic E-state index is 8.81. The Bertz CT molecular complexity index is 32.0. The third-order valence-electron chi connectivity index (χ3n) is 0.0340. The van der Waals surface area contributed by atoms with Crippen LogP contribution in [0, 0.1) is 0 Å². The molecule has 0 saturated carbocycles. The van der Waals surface area contributed by atoms with Crippen molar-refractivity contribution in [1.82, 2.24) is 0 Å². The molecule has 0 radical (unpaired) electrons. The van der Waals surface area contributed by atoms with Gasteiger partial charge in [-0.15, -0.1) is 0 Å². The number of hydrogen-bond acceptors (Lipinski definition) is 3. The van der Waals surface area contributed by atoms with Crippen molar-refractivity contribution in [3.63, 3.8) is 0 Å². The van der Waals surface area contributed by atoms with Crippen molar-refractivity contribution < 1.29 is 66.3 Å². The second kappa shape index (κ2) is 8.91. The molecule has 0 aromatic heterocycles. The summed E-state index contributed by atoms with van der Waals surface area (Å²) in [5.74, 6) is 0. The van der Waals surface area contributed by atoms with Gasteiger partial charge in [-0.3, -0.25) is 0 Å². The fourth-order valence-electron chi connectivity index (χ4n) is 0. The molecular formula is CHKO3. The van der Waals surface area contributed by atoms with Gasteiger partial charge in [-0.25, -0.2) is 5.26 Å². The van der Waals surface area contributed by atoms with Gasteiger partial charge in [0.2, 0.25) is 0 Å². The van der Waals surface area contributed by atoms with E-state index in [0.717, 1.165) is 6.47 Å². The Morgan fingerprint density at radius 3 is 2.80 bits per heavy atom. The van der Waals surface area contributed by atoms with Gasteiger partial charge in [0, 0.05) is 0 Å². The van der Waals surface area contributed by atoms with E-state index in [2.05, 4.69) is 10.1 Å². The van der Waals surface area contributed by atoms with Gasteiger partial charge in [0.1, 0.15) is 0 Å². The zero-order chi connectivity index (χ0) is 4.12. The van der Waals surface area contributed by atoms with Gasteiger partial charge in [-0.05, 0) is 6.47 Å². The molecule has 0 aromatic rings. The minimum Gasteiger partial charge on any atom is -0.509 e. The molecule has 1 N–H and O–H groups in total. The molecule has 0 atom stereocenters. The van der Waals surface area contributed by atoms with Gasteiger partial charge < -0.3 is 9.68 Å². The maximum absolute atomic E-state index is 8.81. The van der Waals surface area contributed by atoms with E-state index in [4.69, 9.17) is 6.23 Å². The van der Waals surface area contributed by atoms with Crippen molar-refractivity contribution in [2.24, 2.45) is 0 Å². The SMILES string of the molecule is [2H]OO[C-]=O.[K+]. The summed E-state index contributed by atoms with van der Waals surface area (Å²) in [6, 6.07) is 0. The van der Waals surface area contributed by atoms with Crippen LogP contribution >= 0.6 is 0 Å². The molecule has 0 aliphatic heterocycles. The first-order valence-electron chi connectivity index (χ1n) is 0.983. The van der Waals surface area contributed by atoms with Gasteiger partial charge in [-0.1, -0.05) is 0 Å². The summed E-state index contributed by atoms with van der Waals surface area (Å²) in [6.07, 6.45) is 0. The molecule has 0 heterocycles. The normalized spacial score (nSPS) is 6.80. The van der Waals surface area contributed by atoms with E-state index < -0.39 is 0 Å². The van der Waals surface area contributed by atoms with Crippen molar-refractivity contribution >= 4 is 6.47 Å². The fourth-order valence-corrected chi connectivity index (χ4v) is 0. The molecule has 0 aliphatic carbocycles. The van der Waals surface area contributed by atoms with Crippen LogP contribution in [0.2, 0.25) is 0 Å². The monoisotopic (exact) mass is 101 g/mol. The summed E-state index contributed by atoms with van der Waals surface area (Å²) >= 11 is 0. The Morgan fingerprint density at radius 2 is 2.80 bits per heavy atom. The second-order valence-corrected chi connectivity index (χ2v) is 0.167. The first kappa shape index (κ1) is 6.07. The second-order valence-electron chi connectivity index (χ2n) is 0.167. The number of rotatable bonds is 2. The van der Waals surface area contributed by atoms with Crippen LogP contribution in [0.4, 0.5) is 0 Å². The van der Waals surface area contributed by atoms with Gasteiger partial charge in [0.25, 0.3) is 1.43 Å². The van der Waals surface area contributed by atoms with Gasteiger partial charge in [0.15, 0.2) is 0 Å². The Kier molecular flexibility index (Phi) is 10.8. The summed E-state index contributed by atoms with van der Waals surface area (Å²) < 4.78 is 5.62. The molecular weight excluding hydrogens is 99.1 g/mol. The van der Waals surface area contributed by atoms with Crippen LogP contribution < -0.4 is 51.4 Å². The van der Waals surface area contributed by atoms with Crippen LogP contribution in [0.5, 0.6) is 0 Å². The molecule has 0 rings (SSSR count). The molecule has 3 nitrogen and oxygen atoms in total. The zero-order valence-electron chi connectivity index (χ0n) is 3.72. The predicted octanol–water partition coefficient (Wildman–Crippen LogP) is -3.45. The molecule has 0 saturated heterocycles. The number of carbonyl (C=O) groups excluding carboxylic acids is 1. The van der Waals surface area contributed by atoms with Crippen LogP contribution in [0.3, 0.4) is 0 Å². The summed E-state index contributed by atoms with van der Waals surface area (Å²) in [7, 11) is 0. The largest absolute Gasteiger partial charge is 1.00 e. The van der Waals surface area contributed by atoms with Crippen molar-refractivity contribution in [1.29, 1.82) is 1.43 Å². The molecule has 0 amide bonds. The topological polar surface area (TPSA) is 46.5 Å². The molecule has 4 heteroatoms. The van der Waals surface area contributed by atoms with Crippen molar-refractivity contribution in [3.05, 3.63) is 0 Å². The standard InChI is InChI=1S/CHO3.K/c2-1-4-3;/h3H;/q-1;+1/i/hD. The zero-order valence-corrected chi connectivity index (χ0v) is 5.85. The van der Waals surface area contributed by atoms with Gasteiger partial charge in [-0.2, -0.15) is 0 Å². The average molecular weight is 101 g/mol. The minimum atomic E-state index is 0. The van der Waals surface area contributed by atoms with Gasteiger partial charge in [0.05, 0.1) is 0 Å². The summed E-state index contributed by atoms with van der Waals surface area (Å²) in [4.78, 5) is 12.0. The van der Waals surface area contributed by atoms with E-state index in [0.29, 0.717) is 0 Å². The predicted molar refractivity (Wildman–Crippen MR) is 9.41 cm³/mol. The van der Waals surface area contributed by atoms with E-state index in [1.54, 1.807) is 0 Å². The Labute approximate surface area is 73.2 Å². The minimum absolute atomic E-state index is 0. The molecule has 0 spiro atoms. The van der Waals surface area contributed by atoms with Crippen LogP contribution in [0.15, 0.2) is 0 Å². The first-order chi connectivity index (χ1) is 2.41. The Balaban J connectivity index is 0. The van der Waals surface area contributed by atoms with E-state index in [-0.39, 0.29) is 51.4 Å². The van der Waals surface area contributed by atoms with E-state index in [9.17, 15) is 0 Å². The van der Waals surface area contributed by atoms with Crippen molar-refractivity contribution in [2.45, 2.75) is 0 Å². The van der Waals surface area contributed by atoms with Gasteiger partial charge >= 0.3 is 51.4 Å². The van der Waals surface area contributed by atoms with E-state index in [1.165, 1.54) is 0 Å². The Morgan fingerprint density at radius 1 is 2.20 bits per heavy atom. The van der Waals surface area contributed by atoms with E-state index in [1.807, 2.05) is 0 Å². The quantitative estimate of drug-likeness (QED) is 0.170. The third-order valence-corrected chi connectivity index (χ3v) is 0.0340. The van der Waals surface area contributed by atoms with Crippen LogP contribution in [0.1, 0.15) is 0 Å². The van der Waals surface area contributed by atoms with Crippen LogP contribution in [-0.2, 0) is 9.68 Å². The maximum Gasteiger partial charge on any atom is 1.00 e. The number of hydrogen-bond donors (Lipinski definition) is 1. The molecule has 5 heavy (non-hydrogen) atoms. The Hall–Kier alpha value is 1.07. The average Bonchev–Trinajstić information content (AvgIpc) is 1.41. The molecule has 0 aliphatic rings. The summed E-state index contributed by atoms with van der Waals surface area (Å²) in [5.41, 5.74) is 0. The summed E-state index contributed by atoms with van der Waals surface area (Å²) in [5, 5.41) is 3.02. The van der Waals surface area contributed by atoms with E-state index >= 15 is 0 Å². The first-order valence-corrected chi connectivity index (χ1v) is 0.575. The smallest absolute Gasteiger partial charge is 0.509 e. The third kappa shape index (κ3) is 11.2. The molecule has 0 bridgehead atoms. The summed E-state index contributed by atoms with van der Waals surface area (Å²) in [6.45, 7) is 0.858. The van der Waals surface area contributed by atoms with Crippen LogP contribution in [-0.4, -0.2) is 11.7 Å². The van der Waals surface area contributed by atoms with Crippen molar-refractivity contribution in [3.8, 4) is 0 Å².